The van der Waals surface area contributed by atoms with Crippen LogP contribution >= 0.6 is 0 Å². The van der Waals surface area contributed by atoms with E-state index in [0.717, 1.165) is 11.3 Å². The van der Waals surface area contributed by atoms with E-state index in [1.807, 2.05) is 54.6 Å². The normalized spacial score (nSPS) is 10.7. The summed E-state index contributed by atoms with van der Waals surface area (Å²) in [6.45, 7) is 1.02. The van der Waals surface area contributed by atoms with Gasteiger partial charge in [0.1, 0.15) is 0 Å². The number of anilines is 1. The van der Waals surface area contributed by atoms with E-state index in [-0.39, 0.29) is 5.91 Å². The highest BCUT2D eigenvalue weighted by molar-refractivity contribution is 5.99. The second-order valence-electron chi connectivity index (χ2n) is 5.47. The van der Waals surface area contributed by atoms with Crippen LogP contribution in [0.1, 0.15) is 15.9 Å². The number of para-hydroxylation sites is 1. The first-order chi connectivity index (χ1) is 11.7. The van der Waals surface area contributed by atoms with Gasteiger partial charge in [-0.2, -0.15) is 0 Å². The number of nitrogens with one attached hydrogen (secondary N) is 1. The zero-order valence-electron chi connectivity index (χ0n) is 14.4. The number of amides is 1. The standard InChI is InChI=1S/C19H24N2O3/c1-21(14-18(23-2)24-3)19(22)16-11-7-8-12-17(16)20-13-15-9-5-4-6-10-15/h4-12,18,20H,13-14H2,1-3H3. The van der Waals surface area contributed by atoms with Crippen molar-refractivity contribution in [2.45, 2.75) is 12.8 Å². The molecule has 0 atom stereocenters. The molecule has 5 nitrogen and oxygen atoms in total. The van der Waals surface area contributed by atoms with Gasteiger partial charge >= 0.3 is 0 Å². The van der Waals surface area contributed by atoms with Gasteiger partial charge in [-0.1, -0.05) is 42.5 Å². The molecule has 0 aromatic heterocycles. The van der Waals surface area contributed by atoms with Gasteiger partial charge in [-0.15, -0.1) is 0 Å². The second kappa shape index (κ2) is 9.05. The van der Waals surface area contributed by atoms with Gasteiger partial charge in [0.25, 0.3) is 5.91 Å². The first-order valence-electron chi connectivity index (χ1n) is 7.83. The topological polar surface area (TPSA) is 50.8 Å². The number of likely N-dealkylation sites (N-methyl/N-ethyl adjacent to an activating group) is 1. The minimum absolute atomic E-state index is 0.0785. The largest absolute Gasteiger partial charge is 0.380 e. The fourth-order valence-electron chi connectivity index (χ4n) is 2.37. The molecule has 2 aromatic rings. The second-order valence-corrected chi connectivity index (χ2v) is 5.47. The first kappa shape index (κ1) is 18.0. The molecule has 2 rings (SSSR count). The number of ether oxygens (including phenoxy) is 2. The number of hydrogen-bond donors (Lipinski definition) is 1. The highest BCUT2D eigenvalue weighted by Crippen LogP contribution is 2.18. The fourth-order valence-corrected chi connectivity index (χ4v) is 2.37. The molecule has 0 aliphatic carbocycles. The molecule has 1 amide bonds. The number of methoxy groups -OCH3 is 2. The summed E-state index contributed by atoms with van der Waals surface area (Å²) in [4.78, 5) is 14.3. The Hall–Kier alpha value is -2.37. The van der Waals surface area contributed by atoms with Gasteiger partial charge in [-0.25, -0.2) is 0 Å². The van der Waals surface area contributed by atoms with Gasteiger partial charge in [0.15, 0.2) is 6.29 Å². The van der Waals surface area contributed by atoms with Crippen LogP contribution in [-0.2, 0) is 16.0 Å². The molecule has 0 saturated heterocycles. The van der Waals surface area contributed by atoms with Crippen molar-refractivity contribution in [3.63, 3.8) is 0 Å². The van der Waals surface area contributed by atoms with E-state index in [1.54, 1.807) is 26.2 Å². The molecule has 24 heavy (non-hydrogen) atoms. The summed E-state index contributed by atoms with van der Waals surface area (Å²) in [6.07, 6.45) is -0.441. The van der Waals surface area contributed by atoms with E-state index < -0.39 is 6.29 Å². The van der Waals surface area contributed by atoms with Crippen LogP contribution in [0.2, 0.25) is 0 Å². The van der Waals surface area contributed by atoms with E-state index in [1.165, 1.54) is 0 Å². The quantitative estimate of drug-likeness (QED) is 0.757. The van der Waals surface area contributed by atoms with E-state index in [9.17, 15) is 4.79 Å². The molecule has 0 fully saturated rings. The van der Waals surface area contributed by atoms with Gasteiger partial charge in [0.05, 0.1) is 12.1 Å². The van der Waals surface area contributed by atoms with Crippen LogP contribution in [-0.4, -0.2) is 44.9 Å². The lowest BCUT2D eigenvalue weighted by atomic mass is 10.1. The number of nitrogens with zero attached hydrogens (tertiary/aromatic N) is 1. The van der Waals surface area contributed by atoms with Gasteiger partial charge in [-0.05, 0) is 17.7 Å². The Bertz CT molecular complexity index is 642. The van der Waals surface area contributed by atoms with Crippen molar-refractivity contribution < 1.29 is 14.3 Å². The molecule has 1 N–H and O–H groups in total. The highest BCUT2D eigenvalue weighted by atomic mass is 16.7. The Labute approximate surface area is 143 Å². The van der Waals surface area contributed by atoms with Gasteiger partial charge < -0.3 is 19.7 Å². The van der Waals surface area contributed by atoms with Crippen molar-refractivity contribution in [2.75, 3.05) is 33.1 Å². The van der Waals surface area contributed by atoms with Crippen LogP contribution in [0, 0.1) is 0 Å². The lowest BCUT2D eigenvalue weighted by molar-refractivity contribution is -0.110. The van der Waals surface area contributed by atoms with Gasteiger partial charge in [-0.3, -0.25) is 4.79 Å². The molecule has 0 aliphatic rings. The van der Waals surface area contributed by atoms with Crippen molar-refractivity contribution in [2.24, 2.45) is 0 Å². The van der Waals surface area contributed by atoms with Crippen molar-refractivity contribution in [1.82, 2.24) is 4.90 Å². The summed E-state index contributed by atoms with van der Waals surface area (Å²) in [5.41, 5.74) is 2.60. The third-order valence-electron chi connectivity index (χ3n) is 3.78. The molecule has 0 spiro atoms. The molecule has 0 aliphatic heterocycles. The third kappa shape index (κ3) is 4.81. The number of benzene rings is 2. The molecule has 2 aromatic carbocycles. The monoisotopic (exact) mass is 328 g/mol. The Morgan fingerprint density at radius 1 is 1.04 bits per heavy atom. The van der Waals surface area contributed by atoms with Crippen LogP contribution in [0.5, 0.6) is 0 Å². The maximum atomic E-state index is 12.7. The van der Waals surface area contributed by atoms with Crippen LogP contribution < -0.4 is 5.32 Å². The maximum Gasteiger partial charge on any atom is 0.255 e. The highest BCUT2D eigenvalue weighted by Gasteiger charge is 2.18. The van der Waals surface area contributed by atoms with Crippen LogP contribution in [0.4, 0.5) is 5.69 Å². The lowest BCUT2D eigenvalue weighted by Gasteiger charge is -2.23. The van der Waals surface area contributed by atoms with Crippen LogP contribution in [0.25, 0.3) is 0 Å². The number of hydrogen-bond acceptors (Lipinski definition) is 4. The van der Waals surface area contributed by atoms with E-state index in [0.29, 0.717) is 18.7 Å². The van der Waals surface area contributed by atoms with Crippen molar-refractivity contribution in [3.05, 3.63) is 65.7 Å². The van der Waals surface area contributed by atoms with E-state index >= 15 is 0 Å². The molecule has 0 radical (unpaired) electrons. The Morgan fingerprint density at radius 2 is 1.67 bits per heavy atom. The average molecular weight is 328 g/mol. The molecule has 5 heteroatoms. The lowest BCUT2D eigenvalue weighted by Crippen LogP contribution is -2.36. The SMILES string of the molecule is COC(CN(C)C(=O)c1ccccc1NCc1ccccc1)OC. The Kier molecular flexibility index (Phi) is 6.78. The predicted octanol–water partition coefficient (Wildman–Crippen LogP) is 2.99. The summed E-state index contributed by atoms with van der Waals surface area (Å²) >= 11 is 0. The minimum Gasteiger partial charge on any atom is -0.380 e. The Balaban J connectivity index is 2.08. The van der Waals surface area contributed by atoms with E-state index in [4.69, 9.17) is 9.47 Å². The molecular formula is C19H24N2O3. The molecule has 0 saturated carbocycles. The number of carbonyl (C=O) groups excluding carboxylic acids is 1. The van der Waals surface area contributed by atoms with Crippen LogP contribution in [0.15, 0.2) is 54.6 Å². The minimum atomic E-state index is -0.441. The smallest absolute Gasteiger partial charge is 0.255 e. The predicted molar refractivity (Wildman–Crippen MR) is 95.0 cm³/mol. The van der Waals surface area contributed by atoms with Crippen molar-refractivity contribution in [1.29, 1.82) is 0 Å². The number of carbonyl (C=O) groups is 1. The average Bonchev–Trinajstić information content (AvgIpc) is 2.64. The zero-order chi connectivity index (χ0) is 17.4. The Morgan fingerprint density at radius 3 is 2.33 bits per heavy atom. The van der Waals surface area contributed by atoms with Crippen LogP contribution in [0.3, 0.4) is 0 Å². The first-order valence-corrected chi connectivity index (χ1v) is 7.83. The van der Waals surface area contributed by atoms with E-state index in [2.05, 4.69) is 5.32 Å². The summed E-state index contributed by atoms with van der Waals surface area (Å²) in [6, 6.07) is 17.6. The summed E-state index contributed by atoms with van der Waals surface area (Å²) in [7, 11) is 4.85. The fraction of sp³-hybridized carbons (Fsp3) is 0.316. The van der Waals surface area contributed by atoms with Gasteiger partial charge in [0.2, 0.25) is 0 Å². The molecule has 0 unspecified atom stereocenters. The van der Waals surface area contributed by atoms with Gasteiger partial charge in [0, 0.05) is 33.5 Å². The molecule has 0 bridgehead atoms. The molecule has 0 heterocycles. The molecular weight excluding hydrogens is 304 g/mol. The third-order valence-corrected chi connectivity index (χ3v) is 3.78. The zero-order valence-corrected chi connectivity index (χ0v) is 14.4. The summed E-state index contributed by atoms with van der Waals surface area (Å²) in [5, 5.41) is 3.34. The van der Waals surface area contributed by atoms with Crippen molar-refractivity contribution >= 4 is 11.6 Å². The summed E-state index contributed by atoms with van der Waals surface area (Å²) < 4.78 is 10.3. The summed E-state index contributed by atoms with van der Waals surface area (Å²) in [5.74, 6) is -0.0785. The molecule has 128 valence electrons. The number of rotatable bonds is 8. The maximum absolute atomic E-state index is 12.7. The van der Waals surface area contributed by atoms with Crippen molar-refractivity contribution in [3.8, 4) is 0 Å².